The maximum Gasteiger partial charge on any atom is 0.269 e. The van der Waals surface area contributed by atoms with E-state index in [1.807, 2.05) is 13.8 Å². The van der Waals surface area contributed by atoms with E-state index in [0.29, 0.717) is 11.4 Å². The van der Waals surface area contributed by atoms with Crippen molar-refractivity contribution in [1.82, 2.24) is 15.1 Å². The van der Waals surface area contributed by atoms with Gasteiger partial charge in [0.1, 0.15) is 5.69 Å². The van der Waals surface area contributed by atoms with Gasteiger partial charge in [-0.15, -0.1) is 0 Å². The van der Waals surface area contributed by atoms with Crippen LogP contribution in [0.5, 0.6) is 0 Å². The van der Waals surface area contributed by atoms with Crippen LogP contribution in [0.15, 0.2) is 30.3 Å². The fourth-order valence-corrected chi connectivity index (χ4v) is 2.34. The summed E-state index contributed by atoms with van der Waals surface area (Å²) in [5, 5.41) is 18.2. The number of aromatic nitrogens is 2. The van der Waals surface area contributed by atoms with E-state index < -0.39 is 4.92 Å². The molecule has 7 nitrogen and oxygen atoms in total. The van der Waals surface area contributed by atoms with Crippen LogP contribution < -0.4 is 5.32 Å². The minimum absolute atomic E-state index is 0.0312. The molecule has 0 spiro atoms. The largest absolute Gasteiger partial charge is 0.348 e. The van der Waals surface area contributed by atoms with Crippen LogP contribution in [0.25, 0.3) is 11.3 Å². The minimum Gasteiger partial charge on any atom is -0.348 e. The Bertz CT molecular complexity index is 745. The summed E-state index contributed by atoms with van der Waals surface area (Å²) in [6.45, 7) is 3.92. The molecule has 1 aromatic carbocycles. The average molecular weight is 314 g/mol. The summed E-state index contributed by atoms with van der Waals surface area (Å²) in [4.78, 5) is 22.6. The van der Waals surface area contributed by atoms with Gasteiger partial charge in [-0.25, -0.2) is 0 Å². The molecule has 1 heterocycles. The van der Waals surface area contributed by atoms with Gasteiger partial charge in [0.25, 0.3) is 11.6 Å². The zero-order valence-electron chi connectivity index (χ0n) is 13.0. The lowest BCUT2D eigenvalue weighted by molar-refractivity contribution is -0.384. The van der Waals surface area contributed by atoms with Gasteiger partial charge in [-0.2, -0.15) is 5.10 Å². The zero-order valence-corrected chi connectivity index (χ0v) is 13.0. The number of benzene rings is 1. The molecule has 1 amide bonds. The summed E-state index contributed by atoms with van der Waals surface area (Å²) < 4.78 is 1.69. The molecule has 3 rings (SSSR count). The predicted octanol–water partition coefficient (Wildman–Crippen LogP) is 2.93. The first-order chi connectivity index (χ1) is 11.0. The van der Waals surface area contributed by atoms with Gasteiger partial charge < -0.3 is 5.32 Å². The number of nitro benzene ring substituents is 1. The van der Waals surface area contributed by atoms with E-state index >= 15 is 0 Å². The van der Waals surface area contributed by atoms with Crippen LogP contribution in [0, 0.1) is 10.1 Å². The van der Waals surface area contributed by atoms with Gasteiger partial charge in [-0.1, -0.05) is 0 Å². The number of non-ortho nitro benzene ring substituents is 1. The molecule has 0 aliphatic heterocycles. The second-order valence-electron chi connectivity index (χ2n) is 6.00. The maximum absolute atomic E-state index is 12.3. The molecule has 1 N–H and O–H groups in total. The summed E-state index contributed by atoms with van der Waals surface area (Å²) >= 11 is 0. The number of nitrogens with zero attached hydrogens (tertiary/aromatic N) is 3. The van der Waals surface area contributed by atoms with Gasteiger partial charge in [0.15, 0.2) is 0 Å². The third-order valence-electron chi connectivity index (χ3n) is 3.74. The highest BCUT2D eigenvalue weighted by Gasteiger charge is 2.26. The van der Waals surface area contributed by atoms with Crippen LogP contribution in [-0.2, 0) is 0 Å². The number of hydrogen-bond acceptors (Lipinski definition) is 4. The van der Waals surface area contributed by atoms with E-state index in [-0.39, 0.29) is 23.7 Å². The summed E-state index contributed by atoms with van der Waals surface area (Å²) in [5.74, 6) is -0.123. The number of carbonyl (C=O) groups excluding carboxylic acids is 1. The lowest BCUT2D eigenvalue weighted by Crippen LogP contribution is -2.28. The Labute approximate surface area is 133 Å². The molecule has 1 fully saturated rings. The van der Waals surface area contributed by atoms with E-state index in [2.05, 4.69) is 10.4 Å². The van der Waals surface area contributed by atoms with Gasteiger partial charge in [0.2, 0.25) is 0 Å². The van der Waals surface area contributed by atoms with Gasteiger partial charge in [0.05, 0.1) is 10.6 Å². The Morgan fingerprint density at radius 2 is 2.00 bits per heavy atom. The molecule has 0 bridgehead atoms. The standard InChI is InChI=1S/C16H18N4O3/c1-10(2)19-15(16(21)17-12-5-6-12)9-14(18-19)11-3-7-13(8-4-11)20(22)23/h3-4,7-10,12H,5-6H2,1-2H3,(H,17,21). The fraction of sp³-hybridized carbons (Fsp3) is 0.375. The molecular formula is C16H18N4O3. The van der Waals surface area contributed by atoms with Crippen molar-refractivity contribution >= 4 is 11.6 Å². The van der Waals surface area contributed by atoms with Crippen LogP contribution in [0.1, 0.15) is 43.2 Å². The Balaban J connectivity index is 1.92. The average Bonchev–Trinajstić information content (AvgIpc) is 3.21. The molecular weight excluding hydrogens is 296 g/mol. The SMILES string of the molecule is CC(C)n1nc(-c2ccc([N+](=O)[O-])cc2)cc1C(=O)NC1CC1. The molecule has 7 heteroatoms. The first kappa shape index (κ1) is 15.2. The van der Waals surface area contributed by atoms with Crippen LogP contribution >= 0.6 is 0 Å². The third kappa shape index (κ3) is 3.23. The highest BCUT2D eigenvalue weighted by molar-refractivity contribution is 5.94. The summed E-state index contributed by atoms with van der Waals surface area (Å²) in [6.07, 6.45) is 2.05. The van der Waals surface area contributed by atoms with Gasteiger partial charge in [-0.3, -0.25) is 19.6 Å². The molecule has 1 aliphatic rings. The number of nitrogens with one attached hydrogen (secondary N) is 1. The van der Waals surface area contributed by atoms with Crippen LogP contribution in [-0.4, -0.2) is 26.7 Å². The Kier molecular flexibility index (Phi) is 3.85. The molecule has 1 saturated carbocycles. The van der Waals surface area contributed by atoms with Crippen molar-refractivity contribution in [2.45, 2.75) is 38.8 Å². The highest BCUT2D eigenvalue weighted by atomic mass is 16.6. The molecule has 0 saturated heterocycles. The monoisotopic (exact) mass is 314 g/mol. The van der Waals surface area contributed by atoms with Crippen molar-refractivity contribution in [3.05, 3.63) is 46.1 Å². The Morgan fingerprint density at radius 3 is 2.52 bits per heavy atom. The number of rotatable bonds is 5. The van der Waals surface area contributed by atoms with Crippen LogP contribution in [0.3, 0.4) is 0 Å². The lowest BCUT2D eigenvalue weighted by Gasteiger charge is -2.10. The van der Waals surface area contributed by atoms with Gasteiger partial charge >= 0.3 is 0 Å². The number of hydrogen-bond donors (Lipinski definition) is 1. The number of nitro groups is 1. The van der Waals surface area contributed by atoms with Crippen LogP contribution in [0.4, 0.5) is 5.69 Å². The van der Waals surface area contributed by atoms with E-state index in [1.165, 1.54) is 12.1 Å². The number of amides is 1. The van der Waals surface area contributed by atoms with Crippen molar-refractivity contribution in [1.29, 1.82) is 0 Å². The van der Waals surface area contributed by atoms with E-state index in [4.69, 9.17) is 0 Å². The minimum atomic E-state index is -0.439. The van der Waals surface area contributed by atoms with Crippen LogP contribution in [0.2, 0.25) is 0 Å². The Morgan fingerprint density at radius 1 is 1.35 bits per heavy atom. The maximum atomic E-state index is 12.3. The molecule has 1 aliphatic carbocycles. The van der Waals surface area contributed by atoms with Crippen molar-refractivity contribution in [2.75, 3.05) is 0 Å². The van der Waals surface area contributed by atoms with E-state index in [1.54, 1.807) is 22.9 Å². The summed E-state index contributed by atoms with van der Waals surface area (Å²) in [5.41, 5.74) is 1.93. The lowest BCUT2D eigenvalue weighted by atomic mass is 10.1. The molecule has 1 aromatic heterocycles. The van der Waals surface area contributed by atoms with Gasteiger partial charge in [-0.05, 0) is 44.9 Å². The van der Waals surface area contributed by atoms with Crippen molar-refractivity contribution < 1.29 is 9.72 Å². The summed E-state index contributed by atoms with van der Waals surface area (Å²) in [7, 11) is 0. The van der Waals surface area contributed by atoms with Crippen molar-refractivity contribution in [2.24, 2.45) is 0 Å². The van der Waals surface area contributed by atoms with Crippen molar-refractivity contribution in [3.8, 4) is 11.3 Å². The second kappa shape index (κ2) is 5.83. The Hall–Kier alpha value is -2.70. The molecule has 120 valence electrons. The molecule has 2 aromatic rings. The highest BCUT2D eigenvalue weighted by Crippen LogP contribution is 2.25. The fourth-order valence-electron chi connectivity index (χ4n) is 2.34. The quantitative estimate of drug-likeness (QED) is 0.678. The molecule has 0 radical (unpaired) electrons. The van der Waals surface area contributed by atoms with Gasteiger partial charge in [0, 0.05) is 29.8 Å². The number of carbonyl (C=O) groups is 1. The van der Waals surface area contributed by atoms with Crippen molar-refractivity contribution in [3.63, 3.8) is 0 Å². The molecule has 0 unspecified atom stereocenters. The van der Waals surface area contributed by atoms with E-state index in [0.717, 1.165) is 18.4 Å². The first-order valence-corrected chi connectivity index (χ1v) is 7.61. The van der Waals surface area contributed by atoms with E-state index in [9.17, 15) is 14.9 Å². The smallest absolute Gasteiger partial charge is 0.269 e. The first-order valence-electron chi connectivity index (χ1n) is 7.61. The predicted molar refractivity (Wildman–Crippen MR) is 85.2 cm³/mol. The molecule has 0 atom stereocenters. The molecule has 23 heavy (non-hydrogen) atoms. The zero-order chi connectivity index (χ0) is 16.6. The second-order valence-corrected chi connectivity index (χ2v) is 6.00. The normalized spacial score (nSPS) is 14.0. The topological polar surface area (TPSA) is 90.1 Å². The summed E-state index contributed by atoms with van der Waals surface area (Å²) in [6, 6.07) is 8.23. The third-order valence-corrected chi connectivity index (χ3v) is 3.74.